The number of aromatic nitrogens is 4. The molecule has 0 N–H and O–H groups in total. The molecule has 1 aromatic carbocycles. The molecule has 0 spiro atoms. The highest BCUT2D eigenvalue weighted by Crippen LogP contribution is 2.40. The normalized spacial score (nSPS) is 26.2. The zero-order valence-electron chi connectivity index (χ0n) is 13.5. The molecule has 3 heterocycles. The van der Waals surface area contributed by atoms with E-state index in [-0.39, 0.29) is 11.9 Å². The molecular formula is C16H19N5O3. The zero-order chi connectivity index (χ0) is 16.6. The van der Waals surface area contributed by atoms with E-state index >= 15 is 0 Å². The minimum absolute atomic E-state index is 0.0830. The number of benzene rings is 1. The fraction of sp³-hybridized carbons (Fsp3) is 0.500. The number of rotatable bonds is 3. The summed E-state index contributed by atoms with van der Waals surface area (Å²) in [4.78, 5) is 14.4. The van der Waals surface area contributed by atoms with Gasteiger partial charge in [-0.05, 0) is 35.4 Å². The van der Waals surface area contributed by atoms with E-state index in [1.807, 2.05) is 35.2 Å². The van der Waals surface area contributed by atoms with Crippen molar-refractivity contribution >= 4 is 11.9 Å². The number of nitrogens with zero attached hydrogens (tertiary/aromatic N) is 5. The van der Waals surface area contributed by atoms with Crippen molar-refractivity contribution < 1.29 is 14.3 Å². The predicted molar refractivity (Wildman–Crippen MR) is 84.8 cm³/mol. The van der Waals surface area contributed by atoms with Crippen molar-refractivity contribution in [1.29, 1.82) is 0 Å². The Kier molecular flexibility index (Phi) is 3.68. The van der Waals surface area contributed by atoms with Crippen LogP contribution in [0, 0.1) is 5.92 Å². The van der Waals surface area contributed by atoms with Gasteiger partial charge in [-0.2, -0.15) is 4.68 Å². The number of fused-ring (bicyclic) bond motifs is 1. The Bertz CT molecular complexity index is 734. The molecule has 4 rings (SSSR count). The molecule has 24 heavy (non-hydrogen) atoms. The van der Waals surface area contributed by atoms with Gasteiger partial charge in [-0.1, -0.05) is 23.3 Å². The summed E-state index contributed by atoms with van der Waals surface area (Å²) < 4.78 is 12.6. The molecule has 2 aromatic rings. The lowest BCUT2D eigenvalue weighted by molar-refractivity contribution is -0.178. The van der Waals surface area contributed by atoms with Crippen molar-refractivity contribution in [3.05, 3.63) is 30.3 Å². The number of para-hydroxylation sites is 1. The van der Waals surface area contributed by atoms with Gasteiger partial charge in [-0.15, -0.1) is 0 Å². The first kappa shape index (κ1) is 15.1. The van der Waals surface area contributed by atoms with Gasteiger partial charge in [-0.25, -0.2) is 4.79 Å². The summed E-state index contributed by atoms with van der Waals surface area (Å²) in [6.07, 6.45) is 1.87. The molecule has 8 heteroatoms. The summed E-state index contributed by atoms with van der Waals surface area (Å²) in [5.74, 6) is 0.385. The number of carbonyl (C=O) groups is 1. The minimum atomic E-state index is -0.916. The molecule has 2 atom stereocenters. The fourth-order valence-corrected chi connectivity index (χ4v) is 3.69. The molecule has 2 aliphatic heterocycles. The number of methoxy groups -OCH3 is 1. The lowest BCUT2D eigenvalue weighted by Gasteiger charge is -2.35. The highest BCUT2D eigenvalue weighted by molar-refractivity contribution is 5.82. The quantitative estimate of drug-likeness (QED) is 0.771. The Balaban J connectivity index is 1.68. The van der Waals surface area contributed by atoms with E-state index in [0.29, 0.717) is 25.6 Å². The van der Waals surface area contributed by atoms with Crippen molar-refractivity contribution in [1.82, 2.24) is 20.2 Å². The van der Waals surface area contributed by atoms with Gasteiger partial charge in [0.2, 0.25) is 5.95 Å². The first-order valence-corrected chi connectivity index (χ1v) is 8.06. The molecule has 0 bridgehead atoms. The van der Waals surface area contributed by atoms with Crippen molar-refractivity contribution in [2.24, 2.45) is 5.92 Å². The smallest absolute Gasteiger partial charge is 0.340 e. The monoisotopic (exact) mass is 329 g/mol. The zero-order valence-corrected chi connectivity index (χ0v) is 13.5. The molecule has 2 aliphatic rings. The Morgan fingerprint density at radius 2 is 2.21 bits per heavy atom. The second-order valence-corrected chi connectivity index (χ2v) is 6.18. The average Bonchev–Trinajstić information content (AvgIpc) is 3.26. The van der Waals surface area contributed by atoms with E-state index in [9.17, 15) is 4.79 Å². The first-order valence-electron chi connectivity index (χ1n) is 8.06. The molecule has 0 saturated carbocycles. The fourth-order valence-electron chi connectivity index (χ4n) is 3.69. The van der Waals surface area contributed by atoms with E-state index in [2.05, 4.69) is 15.5 Å². The SMILES string of the molecule is COC(=O)C12CN(c3nnnn3-c3ccccc3)CC1CCCO2. The second kappa shape index (κ2) is 5.86. The van der Waals surface area contributed by atoms with E-state index in [0.717, 1.165) is 18.5 Å². The van der Waals surface area contributed by atoms with Crippen LogP contribution in [0.1, 0.15) is 12.8 Å². The molecule has 126 valence electrons. The van der Waals surface area contributed by atoms with Crippen molar-refractivity contribution in [2.45, 2.75) is 18.4 Å². The van der Waals surface area contributed by atoms with Gasteiger partial charge in [0.1, 0.15) is 0 Å². The summed E-state index contributed by atoms with van der Waals surface area (Å²) >= 11 is 0. The van der Waals surface area contributed by atoms with Gasteiger partial charge in [0, 0.05) is 19.1 Å². The third-order valence-corrected chi connectivity index (χ3v) is 4.85. The molecule has 0 radical (unpaired) electrons. The minimum Gasteiger partial charge on any atom is -0.467 e. The molecular weight excluding hydrogens is 310 g/mol. The topological polar surface area (TPSA) is 82.4 Å². The molecule has 8 nitrogen and oxygen atoms in total. The highest BCUT2D eigenvalue weighted by Gasteiger charge is 2.56. The summed E-state index contributed by atoms with van der Waals surface area (Å²) in [6, 6.07) is 9.69. The lowest BCUT2D eigenvalue weighted by atomic mass is 9.85. The van der Waals surface area contributed by atoms with Crippen LogP contribution < -0.4 is 4.90 Å². The van der Waals surface area contributed by atoms with Crippen LogP contribution in [0.3, 0.4) is 0 Å². The number of tetrazole rings is 1. The van der Waals surface area contributed by atoms with Gasteiger partial charge < -0.3 is 14.4 Å². The van der Waals surface area contributed by atoms with Crippen LogP contribution in [-0.2, 0) is 14.3 Å². The van der Waals surface area contributed by atoms with Crippen LogP contribution in [-0.4, -0.2) is 58.6 Å². The van der Waals surface area contributed by atoms with Crippen molar-refractivity contribution in [3.8, 4) is 5.69 Å². The molecule has 0 aliphatic carbocycles. The maximum Gasteiger partial charge on any atom is 0.340 e. The number of ether oxygens (including phenoxy) is 2. The molecule has 2 fully saturated rings. The summed E-state index contributed by atoms with van der Waals surface area (Å²) in [5.41, 5.74) is -0.0408. The Morgan fingerprint density at radius 1 is 1.38 bits per heavy atom. The summed E-state index contributed by atoms with van der Waals surface area (Å²) in [7, 11) is 1.41. The number of hydrogen-bond acceptors (Lipinski definition) is 7. The van der Waals surface area contributed by atoms with Crippen LogP contribution >= 0.6 is 0 Å². The van der Waals surface area contributed by atoms with Crippen LogP contribution in [0.4, 0.5) is 5.95 Å². The van der Waals surface area contributed by atoms with E-state index in [1.165, 1.54) is 7.11 Å². The van der Waals surface area contributed by atoms with Crippen LogP contribution in [0.5, 0.6) is 0 Å². The number of anilines is 1. The number of hydrogen-bond donors (Lipinski definition) is 0. The number of esters is 1. The maximum absolute atomic E-state index is 12.4. The Morgan fingerprint density at radius 3 is 3.00 bits per heavy atom. The van der Waals surface area contributed by atoms with Gasteiger partial charge in [0.25, 0.3) is 0 Å². The number of carbonyl (C=O) groups excluding carboxylic acids is 1. The molecule has 2 saturated heterocycles. The van der Waals surface area contributed by atoms with Gasteiger partial charge >= 0.3 is 5.97 Å². The Labute approximate surface area is 139 Å². The third kappa shape index (κ3) is 2.25. The highest BCUT2D eigenvalue weighted by atomic mass is 16.6. The van der Waals surface area contributed by atoms with E-state index in [1.54, 1.807) is 4.68 Å². The largest absolute Gasteiger partial charge is 0.467 e. The average molecular weight is 329 g/mol. The van der Waals surface area contributed by atoms with E-state index < -0.39 is 5.60 Å². The van der Waals surface area contributed by atoms with Crippen molar-refractivity contribution in [2.75, 3.05) is 31.7 Å². The third-order valence-electron chi connectivity index (χ3n) is 4.85. The van der Waals surface area contributed by atoms with Gasteiger partial charge in [0.05, 0.1) is 19.3 Å². The van der Waals surface area contributed by atoms with Crippen molar-refractivity contribution in [3.63, 3.8) is 0 Å². The van der Waals surface area contributed by atoms with Gasteiger partial charge in [0.15, 0.2) is 5.60 Å². The molecule has 2 unspecified atom stereocenters. The Hall–Kier alpha value is -2.48. The molecule has 1 aromatic heterocycles. The van der Waals surface area contributed by atoms with E-state index in [4.69, 9.17) is 9.47 Å². The maximum atomic E-state index is 12.4. The molecule has 0 amide bonds. The van der Waals surface area contributed by atoms with Gasteiger partial charge in [-0.3, -0.25) is 0 Å². The predicted octanol–water partition coefficient (Wildman–Crippen LogP) is 0.821. The standard InChI is InChI=1S/C16H19N5O3/c1-23-14(22)16-11-20(10-12(16)6-5-9-24-16)15-17-18-19-21(15)13-7-3-2-4-8-13/h2-4,7-8,12H,5-6,9-11H2,1H3. The first-order chi connectivity index (χ1) is 11.7. The summed E-state index contributed by atoms with van der Waals surface area (Å²) in [6.45, 7) is 1.64. The summed E-state index contributed by atoms with van der Waals surface area (Å²) in [5, 5.41) is 12.1. The van der Waals surface area contributed by atoms with Crippen LogP contribution in [0.15, 0.2) is 30.3 Å². The van der Waals surface area contributed by atoms with Crippen LogP contribution in [0.2, 0.25) is 0 Å². The lowest BCUT2D eigenvalue weighted by Crippen LogP contribution is -2.52. The van der Waals surface area contributed by atoms with Crippen LogP contribution in [0.25, 0.3) is 5.69 Å². The second-order valence-electron chi connectivity index (χ2n) is 6.18.